The molecule has 3 rings (SSSR count). The van der Waals surface area contributed by atoms with Crippen molar-refractivity contribution < 1.29 is 22.8 Å². The number of carbonyl (C=O) groups excluding carboxylic acids is 2. The van der Waals surface area contributed by atoms with E-state index in [1.54, 1.807) is 18.7 Å². The number of amides is 2. The quantitative estimate of drug-likeness (QED) is 0.899. The van der Waals surface area contributed by atoms with Crippen molar-refractivity contribution in [1.82, 2.24) is 10.2 Å². The van der Waals surface area contributed by atoms with Crippen LogP contribution in [-0.4, -0.2) is 35.3 Å². The molecule has 1 N–H and O–H groups in total. The predicted molar refractivity (Wildman–Crippen MR) is 81.1 cm³/mol. The van der Waals surface area contributed by atoms with Gasteiger partial charge in [0.2, 0.25) is 11.8 Å². The standard InChI is InChI=1S/C17H19F3N2O2/c1-16(2)15(24)21-7-8-22(16)14(23)13-9-12(13)10-3-5-11(6-4-10)17(18,19)20/h3-6,12-13H,7-9H2,1-2H3,(H,21,24)/t12-,13+/m1/s1. The predicted octanol–water partition coefficient (Wildman–Crippen LogP) is 2.55. The smallest absolute Gasteiger partial charge is 0.352 e. The van der Waals surface area contributed by atoms with Crippen LogP contribution in [0, 0.1) is 5.92 Å². The third-order valence-electron chi connectivity index (χ3n) is 4.89. The number of benzene rings is 1. The number of hydrogen-bond donors (Lipinski definition) is 1. The van der Waals surface area contributed by atoms with E-state index in [-0.39, 0.29) is 23.7 Å². The van der Waals surface area contributed by atoms with Crippen LogP contribution in [-0.2, 0) is 15.8 Å². The Balaban J connectivity index is 1.71. The Kier molecular flexibility index (Phi) is 3.85. The Morgan fingerprint density at radius 2 is 1.88 bits per heavy atom. The molecule has 0 radical (unpaired) electrons. The number of nitrogens with zero attached hydrogens (tertiary/aromatic N) is 1. The largest absolute Gasteiger partial charge is 0.416 e. The van der Waals surface area contributed by atoms with E-state index in [2.05, 4.69) is 5.32 Å². The molecule has 0 bridgehead atoms. The van der Waals surface area contributed by atoms with Crippen molar-refractivity contribution in [3.63, 3.8) is 0 Å². The molecule has 2 fully saturated rings. The number of halogens is 3. The molecule has 0 unspecified atom stereocenters. The highest BCUT2D eigenvalue weighted by atomic mass is 19.4. The fraction of sp³-hybridized carbons (Fsp3) is 0.529. The van der Waals surface area contributed by atoms with Crippen molar-refractivity contribution in [2.45, 2.75) is 37.9 Å². The summed E-state index contributed by atoms with van der Waals surface area (Å²) in [6.07, 6.45) is -3.75. The maximum atomic E-state index is 12.7. The zero-order chi connectivity index (χ0) is 17.7. The van der Waals surface area contributed by atoms with Crippen LogP contribution in [0.4, 0.5) is 13.2 Å². The SMILES string of the molecule is CC1(C)C(=O)NCCN1C(=O)[C@H]1C[C@@H]1c1ccc(C(F)(F)F)cc1. The zero-order valence-corrected chi connectivity index (χ0v) is 13.5. The summed E-state index contributed by atoms with van der Waals surface area (Å²) in [5.41, 5.74) is -0.855. The van der Waals surface area contributed by atoms with E-state index in [9.17, 15) is 22.8 Å². The summed E-state index contributed by atoms with van der Waals surface area (Å²) in [5.74, 6) is -0.610. The molecule has 7 heteroatoms. The van der Waals surface area contributed by atoms with Crippen molar-refractivity contribution in [2.75, 3.05) is 13.1 Å². The van der Waals surface area contributed by atoms with Gasteiger partial charge >= 0.3 is 6.18 Å². The van der Waals surface area contributed by atoms with E-state index >= 15 is 0 Å². The number of piperazine rings is 1. The molecule has 2 atom stereocenters. The van der Waals surface area contributed by atoms with Gasteiger partial charge in [-0.3, -0.25) is 9.59 Å². The molecule has 2 amide bonds. The summed E-state index contributed by atoms with van der Waals surface area (Å²) >= 11 is 0. The average molecular weight is 340 g/mol. The van der Waals surface area contributed by atoms with Crippen molar-refractivity contribution in [3.05, 3.63) is 35.4 Å². The third-order valence-corrected chi connectivity index (χ3v) is 4.89. The molecule has 1 aromatic carbocycles. The summed E-state index contributed by atoms with van der Waals surface area (Å²) in [6.45, 7) is 4.28. The fourth-order valence-corrected chi connectivity index (χ4v) is 3.24. The van der Waals surface area contributed by atoms with Crippen molar-refractivity contribution >= 4 is 11.8 Å². The Morgan fingerprint density at radius 3 is 2.46 bits per heavy atom. The average Bonchev–Trinajstić information content (AvgIpc) is 3.29. The van der Waals surface area contributed by atoms with Crippen LogP contribution in [0.25, 0.3) is 0 Å². The first kappa shape index (κ1) is 16.8. The lowest BCUT2D eigenvalue weighted by Crippen LogP contribution is -2.63. The van der Waals surface area contributed by atoms with E-state index < -0.39 is 17.3 Å². The number of carbonyl (C=O) groups is 2. The second-order valence-electron chi connectivity index (χ2n) is 6.87. The minimum absolute atomic E-state index is 0.0689. The van der Waals surface area contributed by atoms with Crippen molar-refractivity contribution in [1.29, 1.82) is 0 Å². The van der Waals surface area contributed by atoms with Crippen molar-refractivity contribution in [2.24, 2.45) is 5.92 Å². The molecular formula is C17H19F3N2O2. The molecule has 1 saturated heterocycles. The van der Waals surface area contributed by atoms with E-state index in [0.717, 1.165) is 17.7 Å². The molecule has 4 nitrogen and oxygen atoms in total. The van der Waals surface area contributed by atoms with Gasteiger partial charge in [0.05, 0.1) is 5.56 Å². The van der Waals surface area contributed by atoms with Gasteiger partial charge in [-0.25, -0.2) is 0 Å². The lowest BCUT2D eigenvalue weighted by molar-refractivity contribution is -0.150. The zero-order valence-electron chi connectivity index (χ0n) is 13.5. The molecule has 0 aromatic heterocycles. The van der Waals surface area contributed by atoms with Crippen LogP contribution < -0.4 is 5.32 Å². The normalized spacial score (nSPS) is 26.0. The van der Waals surface area contributed by atoms with Gasteiger partial charge < -0.3 is 10.2 Å². The summed E-state index contributed by atoms with van der Waals surface area (Å²) in [5, 5.41) is 2.74. The van der Waals surface area contributed by atoms with Crippen LogP contribution in [0.15, 0.2) is 24.3 Å². The van der Waals surface area contributed by atoms with Gasteiger partial charge in [-0.2, -0.15) is 13.2 Å². The Morgan fingerprint density at radius 1 is 1.25 bits per heavy atom. The summed E-state index contributed by atoms with van der Waals surface area (Å²) in [7, 11) is 0. The first-order chi connectivity index (χ1) is 11.1. The first-order valence-electron chi connectivity index (χ1n) is 7.89. The highest BCUT2D eigenvalue weighted by Crippen LogP contribution is 2.49. The summed E-state index contributed by atoms with van der Waals surface area (Å²) in [4.78, 5) is 26.2. The second-order valence-corrected chi connectivity index (χ2v) is 6.87. The van der Waals surface area contributed by atoms with Gasteiger partial charge in [0.15, 0.2) is 0 Å². The Hall–Kier alpha value is -2.05. The van der Waals surface area contributed by atoms with Gasteiger partial charge in [0, 0.05) is 19.0 Å². The van der Waals surface area contributed by atoms with E-state index in [0.29, 0.717) is 19.5 Å². The van der Waals surface area contributed by atoms with Gasteiger partial charge in [-0.15, -0.1) is 0 Å². The minimum atomic E-state index is -4.36. The monoisotopic (exact) mass is 340 g/mol. The molecule has 0 spiro atoms. The van der Waals surface area contributed by atoms with Gasteiger partial charge in [-0.1, -0.05) is 12.1 Å². The molecule has 1 aliphatic carbocycles. The number of rotatable bonds is 2. The highest BCUT2D eigenvalue weighted by molar-refractivity contribution is 5.93. The third kappa shape index (κ3) is 2.87. The van der Waals surface area contributed by atoms with E-state index in [4.69, 9.17) is 0 Å². The number of alkyl halides is 3. The van der Waals surface area contributed by atoms with Gasteiger partial charge in [0.1, 0.15) is 5.54 Å². The molecule has 1 saturated carbocycles. The Labute approximate surface area is 138 Å². The second kappa shape index (κ2) is 5.50. The highest BCUT2D eigenvalue weighted by Gasteiger charge is 2.50. The van der Waals surface area contributed by atoms with E-state index in [1.807, 2.05) is 0 Å². The topological polar surface area (TPSA) is 49.4 Å². The van der Waals surface area contributed by atoms with Crippen LogP contribution in [0.1, 0.15) is 37.3 Å². The van der Waals surface area contributed by atoms with Crippen LogP contribution >= 0.6 is 0 Å². The van der Waals surface area contributed by atoms with Crippen LogP contribution in [0.3, 0.4) is 0 Å². The summed E-state index contributed by atoms with van der Waals surface area (Å²) in [6, 6.07) is 4.98. The Bertz CT molecular complexity index is 667. The molecule has 2 aliphatic rings. The molecule has 1 aromatic rings. The van der Waals surface area contributed by atoms with Crippen LogP contribution in [0.5, 0.6) is 0 Å². The number of nitrogens with one attached hydrogen (secondary N) is 1. The van der Waals surface area contributed by atoms with Gasteiger partial charge in [0.25, 0.3) is 0 Å². The molecular weight excluding hydrogens is 321 g/mol. The molecule has 24 heavy (non-hydrogen) atoms. The lowest BCUT2D eigenvalue weighted by atomic mass is 9.97. The first-order valence-corrected chi connectivity index (χ1v) is 7.89. The maximum absolute atomic E-state index is 12.7. The minimum Gasteiger partial charge on any atom is -0.352 e. The molecule has 130 valence electrons. The molecule has 1 aliphatic heterocycles. The molecule has 1 heterocycles. The maximum Gasteiger partial charge on any atom is 0.416 e. The van der Waals surface area contributed by atoms with Gasteiger partial charge in [-0.05, 0) is 43.9 Å². The number of hydrogen-bond acceptors (Lipinski definition) is 2. The van der Waals surface area contributed by atoms with E-state index in [1.165, 1.54) is 12.1 Å². The fourth-order valence-electron chi connectivity index (χ4n) is 3.24. The summed E-state index contributed by atoms with van der Waals surface area (Å²) < 4.78 is 37.8. The van der Waals surface area contributed by atoms with Crippen molar-refractivity contribution in [3.8, 4) is 0 Å². The lowest BCUT2D eigenvalue weighted by Gasteiger charge is -2.41. The van der Waals surface area contributed by atoms with Crippen LogP contribution in [0.2, 0.25) is 0 Å².